The van der Waals surface area contributed by atoms with Crippen LogP contribution in [0, 0.1) is 0 Å². The van der Waals surface area contributed by atoms with Crippen LogP contribution in [-0.2, 0) is 19.9 Å². The van der Waals surface area contributed by atoms with Gasteiger partial charge in [-0.15, -0.1) is 0 Å². The van der Waals surface area contributed by atoms with Crippen LogP contribution in [0.25, 0.3) is 0 Å². The molecule has 0 spiro atoms. The Morgan fingerprint density at radius 2 is 1.94 bits per heavy atom. The summed E-state index contributed by atoms with van der Waals surface area (Å²) in [6.45, 7) is 6.13. The van der Waals surface area contributed by atoms with Gasteiger partial charge in [-0.05, 0) is 25.8 Å². The average Bonchev–Trinajstić information content (AvgIpc) is 2.93. The molecule has 1 aliphatic rings. The number of hydrogen-bond acceptors (Lipinski definition) is 3. The highest BCUT2D eigenvalue weighted by Crippen LogP contribution is 2.55. The lowest BCUT2D eigenvalue weighted by Gasteiger charge is -2.12. The molecule has 0 saturated carbocycles. The molecule has 0 N–H and O–H groups in total. The third-order valence-electron chi connectivity index (χ3n) is 3.43. The second kappa shape index (κ2) is 4.15. The van der Waals surface area contributed by atoms with E-state index in [1.54, 1.807) is 6.92 Å². The van der Waals surface area contributed by atoms with Crippen molar-refractivity contribution in [2.24, 2.45) is 0 Å². The second-order valence-electron chi connectivity index (χ2n) is 4.67. The minimum absolute atomic E-state index is 0.272. The molecule has 3 nitrogen and oxygen atoms in total. The van der Waals surface area contributed by atoms with Gasteiger partial charge in [0.15, 0.2) is 5.60 Å². The van der Waals surface area contributed by atoms with Gasteiger partial charge in [0.1, 0.15) is 5.60 Å². The van der Waals surface area contributed by atoms with Crippen LogP contribution >= 0.6 is 0 Å². The van der Waals surface area contributed by atoms with Crippen molar-refractivity contribution in [1.82, 2.24) is 0 Å². The first-order chi connectivity index (χ1) is 8.04. The summed E-state index contributed by atoms with van der Waals surface area (Å²) in [5.74, 6) is -0.272. The monoisotopic (exact) mass is 234 g/mol. The Kier molecular flexibility index (Phi) is 2.96. The normalized spacial score (nSPS) is 31.0. The van der Waals surface area contributed by atoms with Gasteiger partial charge in [0.05, 0.1) is 6.61 Å². The van der Waals surface area contributed by atoms with E-state index in [2.05, 4.69) is 0 Å². The summed E-state index contributed by atoms with van der Waals surface area (Å²) in [5, 5.41) is 0. The topological polar surface area (TPSA) is 38.8 Å². The fourth-order valence-corrected chi connectivity index (χ4v) is 2.04. The van der Waals surface area contributed by atoms with Gasteiger partial charge in [-0.2, -0.15) is 0 Å². The molecule has 1 aromatic carbocycles. The minimum atomic E-state index is -0.844. The Hall–Kier alpha value is -1.35. The van der Waals surface area contributed by atoms with Crippen molar-refractivity contribution in [2.75, 3.05) is 6.61 Å². The number of benzene rings is 1. The van der Waals surface area contributed by atoms with E-state index in [9.17, 15) is 4.79 Å². The van der Waals surface area contributed by atoms with E-state index in [1.807, 2.05) is 44.2 Å². The number of ether oxygens (including phenoxy) is 2. The standard InChI is InChI=1S/C14H18O3/c1-4-10-16-12(15)14(3)13(2,17-14)11-8-6-5-7-9-11/h5-9H,4,10H2,1-3H3. The summed E-state index contributed by atoms with van der Waals surface area (Å²) in [6, 6.07) is 9.78. The number of hydrogen-bond donors (Lipinski definition) is 0. The summed E-state index contributed by atoms with van der Waals surface area (Å²) in [6.07, 6.45) is 0.823. The van der Waals surface area contributed by atoms with Crippen LogP contribution in [0.1, 0.15) is 32.8 Å². The van der Waals surface area contributed by atoms with Crippen LogP contribution in [0.15, 0.2) is 30.3 Å². The Balaban J connectivity index is 2.14. The summed E-state index contributed by atoms with van der Waals surface area (Å²) in [7, 11) is 0. The highest BCUT2D eigenvalue weighted by Gasteiger charge is 2.70. The largest absolute Gasteiger partial charge is 0.463 e. The zero-order valence-corrected chi connectivity index (χ0v) is 10.5. The Morgan fingerprint density at radius 1 is 1.29 bits per heavy atom. The smallest absolute Gasteiger partial charge is 0.341 e. The molecule has 1 aromatic rings. The third-order valence-corrected chi connectivity index (χ3v) is 3.43. The van der Waals surface area contributed by atoms with Gasteiger partial charge in [0, 0.05) is 0 Å². The summed E-state index contributed by atoms with van der Waals surface area (Å²) < 4.78 is 10.8. The van der Waals surface area contributed by atoms with Crippen LogP contribution in [0.3, 0.4) is 0 Å². The zero-order chi connectivity index (χ0) is 12.5. The summed E-state index contributed by atoms with van der Waals surface area (Å²) in [4.78, 5) is 11.9. The first-order valence-electron chi connectivity index (χ1n) is 5.97. The van der Waals surface area contributed by atoms with Crippen LogP contribution in [0.4, 0.5) is 0 Å². The molecule has 0 aromatic heterocycles. The molecule has 17 heavy (non-hydrogen) atoms. The molecule has 1 saturated heterocycles. The maximum atomic E-state index is 11.9. The fraction of sp³-hybridized carbons (Fsp3) is 0.500. The summed E-state index contributed by atoms with van der Waals surface area (Å²) >= 11 is 0. The van der Waals surface area contributed by atoms with Crippen LogP contribution in [-0.4, -0.2) is 18.2 Å². The quantitative estimate of drug-likeness (QED) is 0.594. The third kappa shape index (κ3) is 1.84. The molecule has 1 heterocycles. The van der Waals surface area contributed by atoms with Gasteiger partial charge in [-0.1, -0.05) is 37.3 Å². The SMILES string of the molecule is CCCOC(=O)C1(C)OC1(C)c1ccccc1. The molecule has 2 atom stereocenters. The van der Waals surface area contributed by atoms with E-state index in [0.29, 0.717) is 6.61 Å². The Morgan fingerprint density at radius 3 is 2.53 bits per heavy atom. The molecule has 0 amide bonds. The van der Waals surface area contributed by atoms with Crippen molar-refractivity contribution in [3.63, 3.8) is 0 Å². The van der Waals surface area contributed by atoms with Crippen molar-refractivity contribution >= 4 is 5.97 Å². The first-order valence-corrected chi connectivity index (χ1v) is 5.97. The summed E-state index contributed by atoms with van der Waals surface area (Å²) in [5.41, 5.74) is -0.390. The van der Waals surface area contributed by atoms with Gasteiger partial charge in [-0.25, -0.2) is 4.79 Å². The number of rotatable bonds is 4. The lowest BCUT2D eigenvalue weighted by molar-refractivity contribution is -0.149. The van der Waals surface area contributed by atoms with E-state index in [0.717, 1.165) is 12.0 Å². The lowest BCUT2D eigenvalue weighted by Crippen LogP contribution is -2.30. The van der Waals surface area contributed by atoms with Crippen molar-refractivity contribution < 1.29 is 14.3 Å². The van der Waals surface area contributed by atoms with Crippen LogP contribution in [0.2, 0.25) is 0 Å². The highest BCUT2D eigenvalue weighted by atomic mass is 16.7. The molecule has 2 unspecified atom stereocenters. The zero-order valence-electron chi connectivity index (χ0n) is 10.5. The van der Waals surface area contributed by atoms with E-state index < -0.39 is 11.2 Å². The van der Waals surface area contributed by atoms with Crippen LogP contribution < -0.4 is 0 Å². The lowest BCUT2D eigenvalue weighted by atomic mass is 9.89. The predicted octanol–water partition coefficient (Wildman–Crippen LogP) is 2.64. The van der Waals surface area contributed by atoms with E-state index >= 15 is 0 Å². The van der Waals surface area contributed by atoms with E-state index in [1.165, 1.54) is 0 Å². The Bertz CT molecular complexity index is 415. The number of carbonyl (C=O) groups is 1. The second-order valence-corrected chi connectivity index (χ2v) is 4.67. The van der Waals surface area contributed by atoms with Gasteiger partial charge in [-0.3, -0.25) is 0 Å². The van der Waals surface area contributed by atoms with Gasteiger partial charge >= 0.3 is 5.97 Å². The molecule has 0 radical (unpaired) electrons. The molecular weight excluding hydrogens is 216 g/mol. The molecular formula is C14H18O3. The maximum Gasteiger partial charge on any atom is 0.341 e. The van der Waals surface area contributed by atoms with E-state index in [4.69, 9.17) is 9.47 Å². The van der Waals surface area contributed by atoms with Crippen molar-refractivity contribution in [3.05, 3.63) is 35.9 Å². The molecule has 3 heteroatoms. The van der Waals surface area contributed by atoms with Gasteiger partial charge in [0.2, 0.25) is 0 Å². The number of esters is 1. The average molecular weight is 234 g/mol. The molecule has 0 bridgehead atoms. The van der Waals surface area contributed by atoms with E-state index in [-0.39, 0.29) is 5.97 Å². The number of carbonyl (C=O) groups excluding carboxylic acids is 1. The van der Waals surface area contributed by atoms with Crippen molar-refractivity contribution in [2.45, 2.75) is 38.4 Å². The molecule has 1 fully saturated rings. The van der Waals surface area contributed by atoms with Crippen molar-refractivity contribution in [1.29, 1.82) is 0 Å². The van der Waals surface area contributed by atoms with Gasteiger partial charge < -0.3 is 9.47 Å². The minimum Gasteiger partial charge on any atom is -0.463 e. The fourth-order valence-electron chi connectivity index (χ4n) is 2.04. The number of epoxide rings is 1. The maximum absolute atomic E-state index is 11.9. The molecule has 92 valence electrons. The molecule has 2 rings (SSSR count). The van der Waals surface area contributed by atoms with Crippen LogP contribution in [0.5, 0.6) is 0 Å². The molecule has 0 aliphatic carbocycles. The Labute approximate surface area is 102 Å². The van der Waals surface area contributed by atoms with Crippen molar-refractivity contribution in [3.8, 4) is 0 Å². The van der Waals surface area contributed by atoms with Gasteiger partial charge in [0.25, 0.3) is 0 Å². The first kappa shape index (κ1) is 12.1. The molecule has 1 aliphatic heterocycles. The highest BCUT2D eigenvalue weighted by molar-refractivity contribution is 5.84. The predicted molar refractivity (Wildman–Crippen MR) is 64.5 cm³/mol.